The summed E-state index contributed by atoms with van der Waals surface area (Å²) in [7, 11) is -2.14. The number of rotatable bonds is 8. The molecule has 1 heterocycles. The van der Waals surface area contributed by atoms with Crippen molar-refractivity contribution in [3.05, 3.63) is 23.8 Å². The fraction of sp³-hybridized carbons (Fsp3) is 0.611. The molecule has 0 radical (unpaired) electrons. The highest BCUT2D eigenvalue weighted by Gasteiger charge is 2.27. The van der Waals surface area contributed by atoms with Crippen LogP contribution in [-0.4, -0.2) is 58.5 Å². The Morgan fingerprint density at radius 2 is 1.81 bits per heavy atom. The van der Waals surface area contributed by atoms with E-state index < -0.39 is 10.0 Å². The zero-order valence-corrected chi connectivity index (χ0v) is 17.6. The molecule has 0 aromatic heterocycles. The third-order valence-electron chi connectivity index (χ3n) is 4.46. The van der Waals surface area contributed by atoms with Gasteiger partial charge in [-0.25, -0.2) is 8.42 Å². The van der Waals surface area contributed by atoms with Crippen LogP contribution in [0.15, 0.2) is 23.1 Å². The van der Waals surface area contributed by atoms with E-state index in [0.717, 1.165) is 32.2 Å². The molecule has 0 bridgehead atoms. The lowest BCUT2D eigenvalue weighted by atomic mass is 10.2. The van der Waals surface area contributed by atoms with Crippen LogP contribution >= 0.6 is 12.4 Å². The van der Waals surface area contributed by atoms with Crippen molar-refractivity contribution in [2.45, 2.75) is 37.5 Å². The average molecular weight is 420 g/mol. The molecule has 9 heteroatoms. The number of hydrogen-bond acceptors (Lipinski definition) is 5. The number of ether oxygens (including phenoxy) is 1. The average Bonchev–Trinajstić information content (AvgIpc) is 2.94. The van der Waals surface area contributed by atoms with E-state index in [1.54, 1.807) is 6.07 Å². The summed E-state index contributed by atoms with van der Waals surface area (Å²) in [6.07, 6.45) is 3.84. The minimum Gasteiger partial charge on any atom is -0.496 e. The van der Waals surface area contributed by atoms with Crippen molar-refractivity contribution in [3.63, 3.8) is 0 Å². The van der Waals surface area contributed by atoms with E-state index in [0.29, 0.717) is 31.9 Å². The second-order valence-electron chi connectivity index (χ2n) is 6.29. The molecule has 0 saturated carbocycles. The summed E-state index contributed by atoms with van der Waals surface area (Å²) in [6, 6.07) is 4.47. The van der Waals surface area contributed by atoms with Crippen LogP contribution in [0.4, 0.5) is 0 Å². The van der Waals surface area contributed by atoms with E-state index in [1.165, 1.54) is 23.5 Å². The number of hydrogen-bond donors (Lipinski definition) is 2. The van der Waals surface area contributed by atoms with Gasteiger partial charge in [0.25, 0.3) is 5.91 Å². The summed E-state index contributed by atoms with van der Waals surface area (Å²) >= 11 is 0. The Kier molecular flexibility index (Phi) is 10.1. The molecule has 27 heavy (non-hydrogen) atoms. The molecule has 2 rings (SSSR count). The quantitative estimate of drug-likeness (QED) is 0.629. The Balaban J connectivity index is 0.00000364. The molecule has 1 amide bonds. The Morgan fingerprint density at radius 1 is 1.15 bits per heavy atom. The number of sulfonamides is 1. The SMILES string of the molecule is CCNCCNC(=O)c1cc(S(=O)(=O)N2CCCCCC2)ccc1OC.Cl. The predicted molar refractivity (Wildman–Crippen MR) is 108 cm³/mol. The summed E-state index contributed by atoms with van der Waals surface area (Å²) in [6.45, 7) is 4.97. The van der Waals surface area contributed by atoms with Crippen LogP contribution in [0, 0.1) is 0 Å². The maximum atomic E-state index is 13.0. The number of nitrogens with zero attached hydrogens (tertiary/aromatic N) is 1. The maximum absolute atomic E-state index is 13.0. The van der Waals surface area contributed by atoms with Gasteiger partial charge in [0.1, 0.15) is 5.75 Å². The third kappa shape index (κ3) is 6.34. The summed E-state index contributed by atoms with van der Waals surface area (Å²) < 4.78 is 32.7. The molecule has 0 atom stereocenters. The van der Waals surface area contributed by atoms with Crippen molar-refractivity contribution in [2.75, 3.05) is 39.8 Å². The highest BCUT2D eigenvalue weighted by Crippen LogP contribution is 2.26. The molecule has 0 aliphatic carbocycles. The Morgan fingerprint density at radius 3 is 2.41 bits per heavy atom. The minimum atomic E-state index is -3.61. The van der Waals surface area contributed by atoms with Crippen LogP contribution in [0.5, 0.6) is 5.75 Å². The lowest BCUT2D eigenvalue weighted by molar-refractivity contribution is 0.0950. The molecule has 1 saturated heterocycles. The molecule has 2 N–H and O–H groups in total. The highest BCUT2D eigenvalue weighted by atomic mass is 35.5. The van der Waals surface area contributed by atoms with E-state index in [-0.39, 0.29) is 28.8 Å². The highest BCUT2D eigenvalue weighted by molar-refractivity contribution is 7.89. The van der Waals surface area contributed by atoms with Crippen molar-refractivity contribution in [1.29, 1.82) is 0 Å². The fourth-order valence-electron chi connectivity index (χ4n) is 2.99. The first-order valence-corrected chi connectivity index (χ1v) is 10.6. The molecule has 154 valence electrons. The molecule has 0 unspecified atom stereocenters. The van der Waals surface area contributed by atoms with Gasteiger partial charge in [-0.3, -0.25) is 4.79 Å². The monoisotopic (exact) mass is 419 g/mol. The number of halogens is 1. The normalized spacial score (nSPS) is 15.5. The largest absolute Gasteiger partial charge is 0.496 e. The Hall–Kier alpha value is -1.35. The molecule has 0 spiro atoms. The lowest BCUT2D eigenvalue weighted by Crippen LogP contribution is -2.33. The number of amides is 1. The second kappa shape index (κ2) is 11.5. The van der Waals surface area contributed by atoms with E-state index in [1.807, 2.05) is 6.92 Å². The molecule has 1 fully saturated rings. The zero-order valence-electron chi connectivity index (χ0n) is 16.0. The number of likely N-dealkylation sites (N-methyl/N-ethyl adjacent to an activating group) is 1. The topological polar surface area (TPSA) is 87.7 Å². The molecular formula is C18H30ClN3O4S. The minimum absolute atomic E-state index is 0. The summed E-state index contributed by atoms with van der Waals surface area (Å²) in [5.41, 5.74) is 0.236. The van der Waals surface area contributed by atoms with Gasteiger partial charge in [-0.1, -0.05) is 19.8 Å². The van der Waals surface area contributed by atoms with Gasteiger partial charge in [-0.05, 0) is 37.6 Å². The molecule has 1 aliphatic rings. The van der Waals surface area contributed by atoms with Crippen LogP contribution in [0.25, 0.3) is 0 Å². The van der Waals surface area contributed by atoms with Crippen LogP contribution in [-0.2, 0) is 10.0 Å². The lowest BCUT2D eigenvalue weighted by Gasteiger charge is -2.20. The van der Waals surface area contributed by atoms with E-state index in [9.17, 15) is 13.2 Å². The molecule has 1 aliphatic heterocycles. The van der Waals surface area contributed by atoms with Gasteiger partial charge < -0.3 is 15.4 Å². The van der Waals surface area contributed by atoms with Gasteiger partial charge in [0, 0.05) is 26.2 Å². The van der Waals surface area contributed by atoms with Crippen molar-refractivity contribution in [2.24, 2.45) is 0 Å². The van der Waals surface area contributed by atoms with Crippen LogP contribution in [0.2, 0.25) is 0 Å². The van der Waals surface area contributed by atoms with Gasteiger partial charge in [0.2, 0.25) is 10.0 Å². The van der Waals surface area contributed by atoms with Crippen molar-refractivity contribution in [1.82, 2.24) is 14.9 Å². The standard InChI is InChI=1S/C18H29N3O4S.ClH/c1-3-19-10-11-20-18(22)16-14-15(8-9-17(16)25-2)26(23,24)21-12-6-4-5-7-13-21;/h8-9,14,19H,3-7,10-13H2,1-2H3,(H,20,22);1H. The van der Waals surface area contributed by atoms with E-state index >= 15 is 0 Å². The van der Waals surface area contributed by atoms with E-state index in [4.69, 9.17) is 4.74 Å². The molecule has 1 aromatic rings. The van der Waals surface area contributed by atoms with Gasteiger partial charge in [-0.15, -0.1) is 12.4 Å². The first-order valence-electron chi connectivity index (χ1n) is 9.17. The zero-order chi connectivity index (χ0) is 19.0. The van der Waals surface area contributed by atoms with Crippen LogP contribution in [0.3, 0.4) is 0 Å². The van der Waals surface area contributed by atoms with Crippen LogP contribution in [0.1, 0.15) is 43.0 Å². The maximum Gasteiger partial charge on any atom is 0.255 e. The van der Waals surface area contributed by atoms with E-state index in [2.05, 4.69) is 10.6 Å². The summed E-state index contributed by atoms with van der Waals surface area (Å²) in [5, 5.41) is 5.91. The van der Waals surface area contributed by atoms with Gasteiger partial charge in [0.05, 0.1) is 17.6 Å². The first-order chi connectivity index (χ1) is 12.5. The smallest absolute Gasteiger partial charge is 0.255 e. The second-order valence-corrected chi connectivity index (χ2v) is 8.23. The number of carbonyl (C=O) groups is 1. The number of methoxy groups -OCH3 is 1. The third-order valence-corrected chi connectivity index (χ3v) is 6.35. The van der Waals surface area contributed by atoms with Gasteiger partial charge in [0.15, 0.2) is 0 Å². The Labute approximate surface area is 168 Å². The Bertz CT molecular complexity index is 705. The van der Waals surface area contributed by atoms with Crippen molar-refractivity contribution in [3.8, 4) is 5.75 Å². The first kappa shape index (κ1) is 23.7. The number of benzene rings is 1. The molecular weight excluding hydrogens is 390 g/mol. The number of nitrogens with one attached hydrogen (secondary N) is 2. The van der Waals surface area contributed by atoms with Crippen LogP contribution < -0.4 is 15.4 Å². The predicted octanol–water partition coefficient (Wildman–Crippen LogP) is 2.02. The number of carbonyl (C=O) groups excluding carboxylic acids is 1. The fourth-order valence-corrected chi connectivity index (χ4v) is 4.54. The van der Waals surface area contributed by atoms with Gasteiger partial charge in [-0.2, -0.15) is 4.31 Å². The van der Waals surface area contributed by atoms with Gasteiger partial charge >= 0.3 is 0 Å². The molecule has 1 aromatic carbocycles. The summed E-state index contributed by atoms with van der Waals surface area (Å²) in [5.74, 6) is 0.0217. The molecule has 7 nitrogen and oxygen atoms in total. The van der Waals surface area contributed by atoms with Crippen molar-refractivity contribution < 1.29 is 17.9 Å². The summed E-state index contributed by atoms with van der Waals surface area (Å²) in [4.78, 5) is 12.6. The van der Waals surface area contributed by atoms with Crippen molar-refractivity contribution >= 4 is 28.3 Å².